The van der Waals surface area contributed by atoms with Crippen molar-refractivity contribution >= 4 is 11.6 Å². The van der Waals surface area contributed by atoms with Crippen molar-refractivity contribution in [3.8, 4) is 0 Å². The van der Waals surface area contributed by atoms with Crippen LogP contribution in [0.15, 0.2) is 79.0 Å². The van der Waals surface area contributed by atoms with Crippen molar-refractivity contribution in [3.05, 3.63) is 95.8 Å². The van der Waals surface area contributed by atoms with Crippen LogP contribution in [0.5, 0.6) is 0 Å². The van der Waals surface area contributed by atoms with Gasteiger partial charge >= 0.3 is 0 Å². The summed E-state index contributed by atoms with van der Waals surface area (Å²) in [5.74, 6) is -0.0688. The minimum atomic E-state index is -0.156. The lowest BCUT2D eigenvalue weighted by Gasteiger charge is -2.28. The predicted molar refractivity (Wildman–Crippen MR) is 114 cm³/mol. The predicted octanol–water partition coefficient (Wildman–Crippen LogP) is 3.48. The van der Waals surface area contributed by atoms with Crippen molar-refractivity contribution in [2.75, 3.05) is 37.7 Å². The van der Waals surface area contributed by atoms with Crippen LogP contribution < -0.4 is 10.2 Å². The molecule has 0 radical (unpaired) electrons. The molecule has 0 atom stereocenters. The average Bonchev–Trinajstić information content (AvgIpc) is 2.81. The Labute approximate surface area is 171 Å². The molecule has 1 N–H and O–H groups in total. The molecule has 0 aliphatic carbocycles. The molecule has 1 aliphatic rings. The molecule has 0 saturated carbocycles. The van der Waals surface area contributed by atoms with Crippen molar-refractivity contribution < 1.29 is 9.53 Å². The maximum Gasteiger partial charge on any atom is 0.269 e. The number of benzene rings is 2. The van der Waals surface area contributed by atoms with E-state index in [0.717, 1.165) is 18.8 Å². The summed E-state index contributed by atoms with van der Waals surface area (Å²) in [5, 5.41) is 3.08. The number of carbonyl (C=O) groups is 1. The summed E-state index contributed by atoms with van der Waals surface area (Å²) in [6, 6.07) is 24.3. The van der Waals surface area contributed by atoms with E-state index in [-0.39, 0.29) is 11.8 Å². The molecule has 2 heterocycles. The van der Waals surface area contributed by atoms with Gasteiger partial charge in [0.15, 0.2) is 0 Å². The normalized spacial score (nSPS) is 14.0. The highest BCUT2D eigenvalue weighted by atomic mass is 16.5. The molecule has 5 nitrogen and oxygen atoms in total. The number of hydrogen-bond donors (Lipinski definition) is 1. The van der Waals surface area contributed by atoms with Gasteiger partial charge in [-0.2, -0.15) is 0 Å². The Morgan fingerprint density at radius 1 is 0.966 bits per heavy atom. The molecule has 1 fully saturated rings. The topological polar surface area (TPSA) is 54.5 Å². The number of rotatable bonds is 6. The number of pyridine rings is 1. The van der Waals surface area contributed by atoms with Gasteiger partial charge in [-0.15, -0.1) is 0 Å². The molecular formula is C24H25N3O2. The number of nitrogens with one attached hydrogen (secondary N) is 1. The van der Waals surface area contributed by atoms with E-state index in [4.69, 9.17) is 4.74 Å². The zero-order chi connectivity index (χ0) is 19.9. The van der Waals surface area contributed by atoms with Gasteiger partial charge in [0, 0.05) is 37.4 Å². The van der Waals surface area contributed by atoms with E-state index in [1.807, 2.05) is 48.5 Å². The molecule has 0 unspecified atom stereocenters. The molecule has 148 valence electrons. The number of carbonyl (C=O) groups excluding carboxylic acids is 1. The van der Waals surface area contributed by atoms with E-state index >= 15 is 0 Å². The van der Waals surface area contributed by atoms with Gasteiger partial charge in [0.05, 0.1) is 13.2 Å². The summed E-state index contributed by atoms with van der Waals surface area (Å²) < 4.78 is 5.41. The molecule has 1 aromatic heterocycles. The molecule has 2 aromatic carbocycles. The zero-order valence-electron chi connectivity index (χ0n) is 16.3. The molecule has 5 heteroatoms. The molecule has 1 amide bonds. The third kappa shape index (κ3) is 4.81. The Balaban J connectivity index is 1.48. The lowest BCUT2D eigenvalue weighted by Crippen LogP contribution is -2.36. The molecule has 4 rings (SSSR count). The van der Waals surface area contributed by atoms with Crippen molar-refractivity contribution in [3.63, 3.8) is 0 Å². The van der Waals surface area contributed by atoms with Gasteiger partial charge in [-0.3, -0.25) is 9.78 Å². The number of aromatic nitrogens is 1. The molecule has 0 bridgehead atoms. The SMILES string of the molecule is O=C(NCC(c1ccccc1)c1ccccc1)c1cc(N2CCOCC2)ccn1. The van der Waals surface area contributed by atoms with Crippen LogP contribution in [0.25, 0.3) is 0 Å². The number of nitrogens with zero attached hydrogens (tertiary/aromatic N) is 2. The Morgan fingerprint density at radius 2 is 1.59 bits per heavy atom. The Bertz CT molecular complexity index is 886. The highest BCUT2D eigenvalue weighted by Gasteiger charge is 2.18. The van der Waals surface area contributed by atoms with Crippen LogP contribution in [0.3, 0.4) is 0 Å². The van der Waals surface area contributed by atoms with E-state index in [2.05, 4.69) is 39.5 Å². The van der Waals surface area contributed by atoms with E-state index in [1.165, 1.54) is 11.1 Å². The van der Waals surface area contributed by atoms with Gasteiger partial charge in [-0.1, -0.05) is 60.7 Å². The maximum atomic E-state index is 12.8. The number of anilines is 1. The lowest BCUT2D eigenvalue weighted by molar-refractivity contribution is 0.0947. The molecule has 3 aromatic rings. The van der Waals surface area contributed by atoms with Gasteiger partial charge in [-0.25, -0.2) is 0 Å². The fraction of sp³-hybridized carbons (Fsp3) is 0.250. The minimum absolute atomic E-state index is 0.0868. The highest BCUT2D eigenvalue weighted by Crippen LogP contribution is 2.24. The van der Waals surface area contributed by atoms with Crippen LogP contribution in [-0.2, 0) is 4.74 Å². The third-order valence-corrected chi connectivity index (χ3v) is 5.22. The van der Waals surface area contributed by atoms with Gasteiger partial charge in [0.25, 0.3) is 5.91 Å². The Hall–Kier alpha value is -3.18. The summed E-state index contributed by atoms with van der Waals surface area (Å²) in [6.45, 7) is 3.58. The lowest BCUT2D eigenvalue weighted by atomic mass is 9.91. The second-order valence-electron chi connectivity index (χ2n) is 7.08. The van der Waals surface area contributed by atoms with Crippen LogP contribution in [0, 0.1) is 0 Å². The van der Waals surface area contributed by atoms with Gasteiger partial charge in [0.2, 0.25) is 0 Å². The van der Waals surface area contributed by atoms with Crippen molar-refractivity contribution in [2.24, 2.45) is 0 Å². The first-order chi connectivity index (χ1) is 14.3. The first kappa shape index (κ1) is 19.2. The summed E-state index contributed by atoms with van der Waals surface area (Å²) in [6.07, 6.45) is 1.70. The smallest absolute Gasteiger partial charge is 0.269 e. The van der Waals surface area contributed by atoms with E-state index in [1.54, 1.807) is 6.20 Å². The molecule has 0 spiro atoms. The average molecular weight is 387 g/mol. The summed E-state index contributed by atoms with van der Waals surface area (Å²) >= 11 is 0. The standard InChI is InChI=1S/C24H25N3O2/c28-24(23-17-21(11-12-25-23)27-13-15-29-16-14-27)26-18-22(19-7-3-1-4-8-19)20-9-5-2-6-10-20/h1-12,17,22H,13-16,18H2,(H,26,28). The van der Waals surface area contributed by atoms with Crippen LogP contribution in [0.1, 0.15) is 27.5 Å². The summed E-state index contributed by atoms with van der Waals surface area (Å²) in [5.41, 5.74) is 3.80. The van der Waals surface area contributed by atoms with Crippen LogP contribution in [-0.4, -0.2) is 43.7 Å². The van der Waals surface area contributed by atoms with Crippen LogP contribution >= 0.6 is 0 Å². The fourth-order valence-corrected chi connectivity index (χ4v) is 3.65. The maximum absolute atomic E-state index is 12.8. The Kier molecular flexibility index (Phi) is 6.17. The van der Waals surface area contributed by atoms with E-state index in [0.29, 0.717) is 25.5 Å². The van der Waals surface area contributed by atoms with Gasteiger partial charge in [-0.05, 0) is 23.3 Å². The van der Waals surface area contributed by atoms with Crippen LogP contribution in [0.2, 0.25) is 0 Å². The number of hydrogen-bond acceptors (Lipinski definition) is 4. The second kappa shape index (κ2) is 9.34. The summed E-state index contributed by atoms with van der Waals surface area (Å²) in [7, 11) is 0. The Morgan fingerprint density at radius 3 is 2.21 bits per heavy atom. The highest BCUT2D eigenvalue weighted by molar-refractivity contribution is 5.93. The fourth-order valence-electron chi connectivity index (χ4n) is 3.65. The number of morpholine rings is 1. The quantitative estimate of drug-likeness (QED) is 0.704. The first-order valence-electron chi connectivity index (χ1n) is 9.98. The van der Waals surface area contributed by atoms with Crippen molar-refractivity contribution in [1.82, 2.24) is 10.3 Å². The molecule has 1 aliphatic heterocycles. The largest absolute Gasteiger partial charge is 0.378 e. The molecule has 29 heavy (non-hydrogen) atoms. The monoisotopic (exact) mass is 387 g/mol. The van der Waals surface area contributed by atoms with Gasteiger partial charge < -0.3 is 15.0 Å². The molecule has 1 saturated heterocycles. The van der Waals surface area contributed by atoms with Crippen molar-refractivity contribution in [1.29, 1.82) is 0 Å². The van der Waals surface area contributed by atoms with E-state index < -0.39 is 0 Å². The van der Waals surface area contributed by atoms with E-state index in [9.17, 15) is 4.79 Å². The number of amides is 1. The third-order valence-electron chi connectivity index (χ3n) is 5.22. The first-order valence-corrected chi connectivity index (χ1v) is 9.98. The van der Waals surface area contributed by atoms with Gasteiger partial charge in [0.1, 0.15) is 5.69 Å². The summed E-state index contributed by atoms with van der Waals surface area (Å²) in [4.78, 5) is 19.3. The minimum Gasteiger partial charge on any atom is -0.378 e. The number of ether oxygens (including phenoxy) is 1. The second-order valence-corrected chi connectivity index (χ2v) is 7.08. The van der Waals surface area contributed by atoms with Crippen LogP contribution in [0.4, 0.5) is 5.69 Å². The molecular weight excluding hydrogens is 362 g/mol. The van der Waals surface area contributed by atoms with Crippen molar-refractivity contribution in [2.45, 2.75) is 5.92 Å². The zero-order valence-corrected chi connectivity index (χ0v) is 16.3.